The van der Waals surface area contributed by atoms with Crippen molar-refractivity contribution in [1.82, 2.24) is 0 Å². The van der Waals surface area contributed by atoms with Crippen molar-refractivity contribution in [2.24, 2.45) is 23.2 Å². The minimum absolute atomic E-state index is 0.535. The highest BCUT2D eigenvalue weighted by atomic mass is 16.5. The first-order valence-electron chi connectivity index (χ1n) is 5.10. The van der Waals surface area contributed by atoms with Gasteiger partial charge in [-0.15, -0.1) is 0 Å². The number of hydrogen-bond donors (Lipinski definition) is 0. The molecule has 2 aliphatic rings. The summed E-state index contributed by atoms with van der Waals surface area (Å²) in [5.41, 5.74) is 0.627. The third kappa shape index (κ3) is 1.02. The molecule has 0 saturated heterocycles. The lowest BCUT2D eigenvalue weighted by Gasteiger charge is -2.26. The smallest absolute Gasteiger partial charge is 0.0599 e. The second kappa shape index (κ2) is 2.47. The fraction of sp³-hybridized carbons (Fsp3) is 1.00. The van der Waals surface area contributed by atoms with E-state index in [9.17, 15) is 0 Å². The van der Waals surface area contributed by atoms with Crippen LogP contribution >= 0.6 is 0 Å². The molecule has 0 heterocycles. The van der Waals surface area contributed by atoms with Crippen molar-refractivity contribution in [2.45, 2.75) is 39.7 Å². The van der Waals surface area contributed by atoms with Gasteiger partial charge in [0.15, 0.2) is 0 Å². The van der Waals surface area contributed by atoms with Gasteiger partial charge in [-0.1, -0.05) is 20.8 Å². The molecule has 2 rings (SSSR count). The predicted molar refractivity (Wildman–Crippen MR) is 50.0 cm³/mol. The molecule has 0 N–H and O–H groups in total. The highest BCUT2D eigenvalue weighted by molar-refractivity contribution is 5.09. The summed E-state index contributed by atoms with van der Waals surface area (Å²) in [6.07, 6.45) is 3.22. The highest BCUT2D eigenvalue weighted by Crippen LogP contribution is 2.65. The third-order valence-corrected chi connectivity index (χ3v) is 4.34. The van der Waals surface area contributed by atoms with E-state index in [-0.39, 0.29) is 0 Å². The van der Waals surface area contributed by atoms with Crippen LogP contribution in [0.2, 0.25) is 0 Å². The standard InChI is InChI=1S/C11H20O/c1-7-5-8-9(11(8,2)3)6-10(7)12-4/h7-10H,5-6H2,1-4H3. The molecular formula is C11H20O. The van der Waals surface area contributed by atoms with Gasteiger partial charge in [0, 0.05) is 7.11 Å². The average Bonchev–Trinajstić information content (AvgIpc) is 2.52. The van der Waals surface area contributed by atoms with E-state index in [0.717, 1.165) is 17.8 Å². The van der Waals surface area contributed by atoms with Crippen LogP contribution in [0.4, 0.5) is 0 Å². The first-order chi connectivity index (χ1) is 5.57. The summed E-state index contributed by atoms with van der Waals surface area (Å²) in [5, 5.41) is 0. The van der Waals surface area contributed by atoms with Crippen molar-refractivity contribution < 1.29 is 4.74 Å². The molecule has 4 atom stereocenters. The van der Waals surface area contributed by atoms with Crippen LogP contribution in [0.15, 0.2) is 0 Å². The summed E-state index contributed by atoms with van der Waals surface area (Å²) in [6, 6.07) is 0. The van der Waals surface area contributed by atoms with Crippen LogP contribution in [0.25, 0.3) is 0 Å². The van der Waals surface area contributed by atoms with E-state index in [1.54, 1.807) is 0 Å². The van der Waals surface area contributed by atoms with Crippen molar-refractivity contribution in [1.29, 1.82) is 0 Å². The summed E-state index contributed by atoms with van der Waals surface area (Å²) in [7, 11) is 1.86. The van der Waals surface area contributed by atoms with Gasteiger partial charge in [-0.2, -0.15) is 0 Å². The zero-order chi connectivity index (χ0) is 8.93. The van der Waals surface area contributed by atoms with Crippen molar-refractivity contribution in [3.63, 3.8) is 0 Å². The minimum Gasteiger partial charge on any atom is -0.381 e. The summed E-state index contributed by atoms with van der Waals surface area (Å²) in [6.45, 7) is 7.15. The lowest BCUT2D eigenvalue weighted by Crippen LogP contribution is -2.25. The number of ether oxygens (including phenoxy) is 1. The Kier molecular flexibility index (Phi) is 1.76. The molecule has 2 fully saturated rings. The molecule has 70 valence electrons. The van der Waals surface area contributed by atoms with Crippen LogP contribution < -0.4 is 0 Å². The lowest BCUT2D eigenvalue weighted by atomic mass is 9.88. The SMILES string of the molecule is COC1CC2C(CC1C)C2(C)C. The zero-order valence-corrected chi connectivity index (χ0v) is 8.63. The Morgan fingerprint density at radius 3 is 2.33 bits per heavy atom. The van der Waals surface area contributed by atoms with Gasteiger partial charge in [-0.3, -0.25) is 0 Å². The Balaban J connectivity index is 2.03. The topological polar surface area (TPSA) is 9.23 Å². The van der Waals surface area contributed by atoms with Gasteiger partial charge in [0.05, 0.1) is 6.10 Å². The van der Waals surface area contributed by atoms with Crippen LogP contribution in [0.5, 0.6) is 0 Å². The Morgan fingerprint density at radius 1 is 1.17 bits per heavy atom. The van der Waals surface area contributed by atoms with Crippen LogP contribution in [0, 0.1) is 23.2 Å². The normalized spacial score (nSPS) is 50.0. The van der Waals surface area contributed by atoms with Gasteiger partial charge in [0.25, 0.3) is 0 Å². The van der Waals surface area contributed by atoms with Gasteiger partial charge in [-0.25, -0.2) is 0 Å². The summed E-state index contributed by atoms with van der Waals surface area (Å²) in [5.74, 6) is 2.73. The molecule has 0 aromatic heterocycles. The first-order valence-corrected chi connectivity index (χ1v) is 5.10. The molecule has 4 unspecified atom stereocenters. The molecule has 2 aliphatic carbocycles. The maximum Gasteiger partial charge on any atom is 0.0599 e. The van der Waals surface area contributed by atoms with E-state index in [1.807, 2.05) is 7.11 Å². The molecular weight excluding hydrogens is 148 g/mol. The van der Waals surface area contributed by atoms with E-state index in [2.05, 4.69) is 20.8 Å². The first kappa shape index (κ1) is 8.55. The number of rotatable bonds is 1. The molecule has 12 heavy (non-hydrogen) atoms. The van der Waals surface area contributed by atoms with Crippen LogP contribution in [0.1, 0.15) is 33.6 Å². The van der Waals surface area contributed by atoms with Gasteiger partial charge < -0.3 is 4.74 Å². The molecule has 0 spiro atoms. The molecule has 0 bridgehead atoms. The van der Waals surface area contributed by atoms with E-state index >= 15 is 0 Å². The van der Waals surface area contributed by atoms with Gasteiger partial charge in [0.2, 0.25) is 0 Å². The van der Waals surface area contributed by atoms with E-state index in [4.69, 9.17) is 4.74 Å². The number of methoxy groups -OCH3 is 1. The summed E-state index contributed by atoms with van der Waals surface area (Å²) < 4.78 is 5.49. The van der Waals surface area contributed by atoms with E-state index < -0.39 is 0 Å². The maximum atomic E-state index is 5.49. The highest BCUT2D eigenvalue weighted by Gasteiger charge is 2.60. The predicted octanol–water partition coefficient (Wildman–Crippen LogP) is 2.70. The van der Waals surface area contributed by atoms with Crippen LogP contribution in [-0.4, -0.2) is 13.2 Å². The molecule has 0 aromatic carbocycles. The molecule has 1 heteroatoms. The second-order valence-electron chi connectivity index (χ2n) is 5.26. The third-order valence-electron chi connectivity index (χ3n) is 4.34. The molecule has 0 radical (unpaired) electrons. The molecule has 0 aliphatic heterocycles. The van der Waals surface area contributed by atoms with E-state index in [1.165, 1.54) is 12.8 Å². The lowest BCUT2D eigenvalue weighted by molar-refractivity contribution is 0.0273. The average molecular weight is 168 g/mol. The summed E-state index contributed by atoms with van der Waals surface area (Å²) >= 11 is 0. The Labute approximate surface area is 75.5 Å². The fourth-order valence-corrected chi connectivity index (χ4v) is 3.16. The second-order valence-corrected chi connectivity index (χ2v) is 5.26. The summed E-state index contributed by atoms with van der Waals surface area (Å²) in [4.78, 5) is 0. The molecule has 1 nitrogen and oxygen atoms in total. The fourth-order valence-electron chi connectivity index (χ4n) is 3.16. The number of fused-ring (bicyclic) bond motifs is 1. The van der Waals surface area contributed by atoms with Crippen LogP contribution in [0.3, 0.4) is 0 Å². The Hall–Kier alpha value is -0.0400. The van der Waals surface area contributed by atoms with Crippen LogP contribution in [-0.2, 0) is 4.74 Å². The molecule has 0 amide bonds. The van der Waals surface area contributed by atoms with Crippen molar-refractivity contribution >= 4 is 0 Å². The number of hydrogen-bond acceptors (Lipinski definition) is 1. The van der Waals surface area contributed by atoms with Gasteiger partial charge >= 0.3 is 0 Å². The monoisotopic (exact) mass is 168 g/mol. The largest absolute Gasteiger partial charge is 0.381 e. The Bertz CT molecular complexity index is 185. The molecule has 0 aromatic rings. The van der Waals surface area contributed by atoms with E-state index in [0.29, 0.717) is 11.5 Å². The Morgan fingerprint density at radius 2 is 1.75 bits per heavy atom. The van der Waals surface area contributed by atoms with Crippen molar-refractivity contribution in [2.75, 3.05) is 7.11 Å². The quantitative estimate of drug-likeness (QED) is 0.585. The van der Waals surface area contributed by atoms with Gasteiger partial charge in [0.1, 0.15) is 0 Å². The van der Waals surface area contributed by atoms with Crippen molar-refractivity contribution in [3.8, 4) is 0 Å². The minimum atomic E-state index is 0.535. The molecule has 2 saturated carbocycles. The maximum absolute atomic E-state index is 5.49. The van der Waals surface area contributed by atoms with Crippen molar-refractivity contribution in [3.05, 3.63) is 0 Å². The zero-order valence-electron chi connectivity index (χ0n) is 8.63. The van der Waals surface area contributed by atoms with Gasteiger partial charge in [-0.05, 0) is 36.0 Å².